The Balaban J connectivity index is 4.59. The first-order valence-corrected chi connectivity index (χ1v) is 21.0. The molecule has 0 radical (unpaired) electrons. The molecule has 0 aromatic rings. The zero-order valence-electron chi connectivity index (χ0n) is 35.5. The number of carboxylic acids is 1. The van der Waals surface area contributed by atoms with E-state index in [4.69, 9.17) is 14.2 Å². The standard InChI is InChI=1S/C48H75NO7/c1-6-8-10-12-14-16-18-20-22-23-25-27-29-31-33-35-37-39-47(51)56-44(42-54-41-40-45(48(52)53)49(3,4)5)43-55-46(50)38-36-34-32-30-28-26-24-21-19-17-15-13-11-9-7-2/h9,11,13-17,19-22,24-28,31,33,44-45H,6-8,10,12,18,23,29-30,32,34-43H2,1-5H3/p+1/b11-9+,15-13+,16-14+,19-17+,22-20+,24-21+,27-25+,28-26+,33-31+. The summed E-state index contributed by atoms with van der Waals surface area (Å²) in [6.45, 7) is 4.42. The number of carbonyl (C=O) groups is 3. The summed E-state index contributed by atoms with van der Waals surface area (Å²) in [5.41, 5.74) is 0. The van der Waals surface area contributed by atoms with Gasteiger partial charge in [0.1, 0.15) is 6.61 Å². The molecule has 56 heavy (non-hydrogen) atoms. The number of carbonyl (C=O) groups excluding carboxylic acids is 2. The van der Waals surface area contributed by atoms with Crippen LogP contribution in [0.4, 0.5) is 0 Å². The first-order chi connectivity index (χ1) is 27.1. The quantitative estimate of drug-likeness (QED) is 0.0225. The van der Waals surface area contributed by atoms with Gasteiger partial charge in [-0.1, -0.05) is 142 Å². The summed E-state index contributed by atoms with van der Waals surface area (Å²) in [4.78, 5) is 36.9. The third-order valence-corrected chi connectivity index (χ3v) is 8.53. The number of aliphatic carboxylic acids is 1. The fourth-order valence-corrected chi connectivity index (χ4v) is 5.28. The van der Waals surface area contributed by atoms with Gasteiger partial charge in [-0.15, -0.1) is 0 Å². The van der Waals surface area contributed by atoms with Crippen LogP contribution < -0.4 is 0 Å². The summed E-state index contributed by atoms with van der Waals surface area (Å²) in [6, 6.07) is -0.638. The highest BCUT2D eigenvalue weighted by molar-refractivity contribution is 5.72. The normalized spacial score (nSPS) is 14.1. The van der Waals surface area contributed by atoms with Gasteiger partial charge in [-0.05, 0) is 70.6 Å². The van der Waals surface area contributed by atoms with E-state index in [1.54, 1.807) is 0 Å². The van der Waals surface area contributed by atoms with Gasteiger partial charge in [0.05, 0.1) is 34.4 Å². The molecule has 8 nitrogen and oxygen atoms in total. The number of carboxylic acid groups (broad SMARTS) is 1. The fourth-order valence-electron chi connectivity index (χ4n) is 5.28. The second kappa shape index (κ2) is 37.9. The maximum atomic E-state index is 12.7. The van der Waals surface area contributed by atoms with Crippen LogP contribution >= 0.6 is 0 Å². The second-order valence-electron chi connectivity index (χ2n) is 14.6. The van der Waals surface area contributed by atoms with Gasteiger partial charge in [-0.2, -0.15) is 0 Å². The summed E-state index contributed by atoms with van der Waals surface area (Å²) < 4.78 is 17.1. The minimum Gasteiger partial charge on any atom is -0.477 e. The van der Waals surface area contributed by atoms with Crippen LogP contribution in [0.2, 0.25) is 0 Å². The average Bonchev–Trinajstić information content (AvgIpc) is 3.15. The molecule has 0 spiro atoms. The van der Waals surface area contributed by atoms with Crippen LogP contribution in [-0.4, -0.2) is 80.6 Å². The van der Waals surface area contributed by atoms with Gasteiger partial charge in [0.15, 0.2) is 12.1 Å². The van der Waals surface area contributed by atoms with Crippen molar-refractivity contribution in [2.75, 3.05) is 41.0 Å². The molecular weight excluding hydrogens is 703 g/mol. The number of quaternary nitrogens is 1. The number of allylic oxidation sites excluding steroid dienone is 18. The van der Waals surface area contributed by atoms with Crippen molar-refractivity contribution in [2.45, 2.75) is 135 Å². The predicted octanol–water partition coefficient (Wildman–Crippen LogP) is 11.3. The smallest absolute Gasteiger partial charge is 0.362 e. The Morgan fingerprint density at radius 1 is 0.571 bits per heavy atom. The van der Waals surface area contributed by atoms with Crippen LogP contribution in [0.15, 0.2) is 109 Å². The lowest BCUT2D eigenvalue weighted by Gasteiger charge is -2.31. The lowest BCUT2D eigenvalue weighted by atomic mass is 10.1. The van der Waals surface area contributed by atoms with E-state index < -0.39 is 18.1 Å². The molecule has 1 N–H and O–H groups in total. The van der Waals surface area contributed by atoms with E-state index in [-0.39, 0.29) is 49.1 Å². The number of rotatable bonds is 35. The van der Waals surface area contributed by atoms with Gasteiger partial charge >= 0.3 is 17.9 Å². The molecule has 0 saturated heterocycles. The number of esters is 2. The van der Waals surface area contributed by atoms with Gasteiger partial charge in [-0.3, -0.25) is 9.59 Å². The molecule has 2 atom stereocenters. The van der Waals surface area contributed by atoms with E-state index in [0.29, 0.717) is 19.3 Å². The van der Waals surface area contributed by atoms with Gasteiger partial charge in [0, 0.05) is 19.3 Å². The van der Waals surface area contributed by atoms with Crippen molar-refractivity contribution in [3.8, 4) is 0 Å². The number of nitrogens with zero attached hydrogens (tertiary/aromatic N) is 1. The molecule has 0 aromatic carbocycles. The molecule has 0 heterocycles. The van der Waals surface area contributed by atoms with Crippen molar-refractivity contribution in [3.05, 3.63) is 109 Å². The van der Waals surface area contributed by atoms with Crippen molar-refractivity contribution in [1.29, 1.82) is 0 Å². The van der Waals surface area contributed by atoms with Crippen molar-refractivity contribution in [3.63, 3.8) is 0 Å². The minimum atomic E-state index is -0.896. The highest BCUT2D eigenvalue weighted by Gasteiger charge is 2.31. The molecule has 0 bridgehead atoms. The van der Waals surface area contributed by atoms with Crippen molar-refractivity contribution in [2.24, 2.45) is 0 Å². The highest BCUT2D eigenvalue weighted by atomic mass is 16.6. The molecule has 0 fully saturated rings. The zero-order valence-corrected chi connectivity index (χ0v) is 35.5. The summed E-state index contributed by atoms with van der Waals surface area (Å²) in [5, 5.41) is 9.61. The molecule has 0 saturated carbocycles. The number of ether oxygens (including phenoxy) is 3. The highest BCUT2D eigenvalue weighted by Crippen LogP contribution is 2.11. The largest absolute Gasteiger partial charge is 0.477 e. The molecule has 0 amide bonds. The number of hydrogen-bond acceptors (Lipinski definition) is 6. The fraction of sp³-hybridized carbons (Fsp3) is 0.562. The monoisotopic (exact) mass is 779 g/mol. The maximum absolute atomic E-state index is 12.7. The lowest BCUT2D eigenvalue weighted by molar-refractivity contribution is -0.887. The predicted molar refractivity (Wildman–Crippen MR) is 233 cm³/mol. The first kappa shape index (κ1) is 52.0. The van der Waals surface area contributed by atoms with Gasteiger partial charge in [0.2, 0.25) is 0 Å². The third kappa shape index (κ3) is 35.7. The third-order valence-electron chi connectivity index (χ3n) is 8.53. The number of unbranched alkanes of at least 4 members (excludes halogenated alkanes) is 7. The van der Waals surface area contributed by atoms with Crippen molar-refractivity contribution >= 4 is 17.9 Å². The van der Waals surface area contributed by atoms with Crippen LogP contribution in [0, 0.1) is 0 Å². The summed E-state index contributed by atoms with van der Waals surface area (Å²) in [5.74, 6) is -1.62. The first-order valence-electron chi connectivity index (χ1n) is 21.0. The average molecular weight is 779 g/mol. The van der Waals surface area contributed by atoms with Gasteiger partial charge in [-0.25, -0.2) is 4.79 Å². The number of likely N-dealkylation sites (N-methyl/N-ethyl adjacent to an activating group) is 1. The van der Waals surface area contributed by atoms with E-state index in [9.17, 15) is 19.5 Å². The second-order valence-corrected chi connectivity index (χ2v) is 14.6. The summed E-state index contributed by atoms with van der Waals surface area (Å²) in [6.07, 6.45) is 51.4. The molecule has 314 valence electrons. The van der Waals surface area contributed by atoms with Crippen LogP contribution in [0.3, 0.4) is 0 Å². The van der Waals surface area contributed by atoms with Crippen molar-refractivity contribution in [1.82, 2.24) is 0 Å². The molecule has 0 aromatic heterocycles. The summed E-state index contributed by atoms with van der Waals surface area (Å²) in [7, 11) is 5.47. The Hall–Kier alpha value is -4.01. The van der Waals surface area contributed by atoms with Crippen LogP contribution in [-0.2, 0) is 28.6 Å². The Morgan fingerprint density at radius 3 is 1.66 bits per heavy atom. The van der Waals surface area contributed by atoms with Gasteiger partial charge < -0.3 is 23.8 Å². The van der Waals surface area contributed by atoms with Crippen molar-refractivity contribution < 1.29 is 38.2 Å². The van der Waals surface area contributed by atoms with Crippen LogP contribution in [0.1, 0.15) is 123 Å². The SMILES string of the molecule is CC/C=C/C=C/C=C/C=C/C=C/CCCCCC(=O)OCC(COCCC(C(=O)O)[N+](C)(C)C)OC(=O)CCC/C=C/C/C=C/C/C=C/C/C=C/CCCCC. The maximum Gasteiger partial charge on any atom is 0.362 e. The van der Waals surface area contributed by atoms with E-state index in [1.807, 2.05) is 69.8 Å². The molecule has 2 unspecified atom stereocenters. The molecule has 0 aliphatic heterocycles. The minimum absolute atomic E-state index is 0.0171. The van der Waals surface area contributed by atoms with Gasteiger partial charge in [0.25, 0.3) is 0 Å². The molecular formula is C48H76NO7+. The zero-order chi connectivity index (χ0) is 41.4. The Bertz CT molecular complexity index is 1280. The van der Waals surface area contributed by atoms with E-state index in [0.717, 1.165) is 51.4 Å². The Morgan fingerprint density at radius 2 is 1.09 bits per heavy atom. The molecule has 8 heteroatoms. The van der Waals surface area contributed by atoms with Crippen LogP contribution in [0.25, 0.3) is 0 Å². The molecule has 0 aliphatic rings. The van der Waals surface area contributed by atoms with E-state index in [1.165, 1.54) is 25.7 Å². The van der Waals surface area contributed by atoms with E-state index in [2.05, 4.69) is 74.6 Å². The molecule has 0 aliphatic carbocycles. The van der Waals surface area contributed by atoms with E-state index >= 15 is 0 Å². The summed E-state index contributed by atoms with van der Waals surface area (Å²) >= 11 is 0. The molecule has 0 rings (SSSR count). The lowest BCUT2D eigenvalue weighted by Crippen LogP contribution is -2.50. The van der Waals surface area contributed by atoms with Crippen LogP contribution in [0.5, 0.6) is 0 Å². The Kier molecular flexibility index (Phi) is 35.2. The Labute approximate surface area is 340 Å². The topological polar surface area (TPSA) is 99.1 Å². The number of hydrogen-bond donors (Lipinski definition) is 1.